The lowest BCUT2D eigenvalue weighted by Gasteiger charge is -2.40. The van der Waals surface area contributed by atoms with Crippen molar-refractivity contribution in [1.29, 1.82) is 0 Å². The van der Waals surface area contributed by atoms with Crippen LogP contribution in [0.1, 0.15) is 149 Å². The van der Waals surface area contributed by atoms with Gasteiger partial charge in [0.15, 0.2) is 6.29 Å². The number of ether oxygens (including phenoxy) is 2. The van der Waals surface area contributed by atoms with E-state index in [2.05, 4.69) is 92.1 Å². The molecule has 56 heavy (non-hydrogen) atoms. The molecular formula is C47H79NO8. The fourth-order valence-corrected chi connectivity index (χ4v) is 6.18. The molecule has 6 N–H and O–H groups in total. The number of unbranched alkanes of at least 4 members (excludes halogenated alkanes) is 12. The highest BCUT2D eigenvalue weighted by molar-refractivity contribution is 5.76. The highest BCUT2D eigenvalue weighted by atomic mass is 16.7. The van der Waals surface area contributed by atoms with Crippen LogP contribution in [0.15, 0.2) is 85.1 Å². The van der Waals surface area contributed by atoms with Crippen molar-refractivity contribution < 1.29 is 39.8 Å². The zero-order valence-corrected chi connectivity index (χ0v) is 34.8. The van der Waals surface area contributed by atoms with E-state index in [-0.39, 0.29) is 12.5 Å². The van der Waals surface area contributed by atoms with Gasteiger partial charge in [-0.15, -0.1) is 0 Å². The zero-order valence-electron chi connectivity index (χ0n) is 34.8. The van der Waals surface area contributed by atoms with Gasteiger partial charge in [0.25, 0.3) is 0 Å². The van der Waals surface area contributed by atoms with Crippen LogP contribution in [0.2, 0.25) is 0 Å². The third-order valence-corrected chi connectivity index (χ3v) is 9.70. The van der Waals surface area contributed by atoms with Crippen LogP contribution < -0.4 is 5.32 Å². The van der Waals surface area contributed by atoms with E-state index in [0.717, 1.165) is 96.3 Å². The Morgan fingerprint density at radius 3 is 1.71 bits per heavy atom. The second-order valence-corrected chi connectivity index (χ2v) is 14.7. The molecule has 1 aliphatic rings. The molecule has 0 aromatic heterocycles. The van der Waals surface area contributed by atoms with Crippen molar-refractivity contribution in [1.82, 2.24) is 5.32 Å². The van der Waals surface area contributed by atoms with Gasteiger partial charge < -0.3 is 40.3 Å². The van der Waals surface area contributed by atoms with Gasteiger partial charge in [-0.05, 0) is 70.6 Å². The molecule has 9 heteroatoms. The van der Waals surface area contributed by atoms with Gasteiger partial charge in [0, 0.05) is 6.42 Å². The summed E-state index contributed by atoms with van der Waals surface area (Å²) in [6.07, 6.45) is 43.6. The normalized spacial score (nSPS) is 22.0. The Labute approximate surface area is 340 Å². The standard InChI is InChI=1S/C47H79NO8/c1-3-5-7-9-11-13-14-15-16-17-18-19-20-21-22-23-24-25-26-27-28-29-31-33-35-37-43(51)48-40(41(50)36-34-32-30-12-10-8-6-4-2)39-55-47-46(54)45(53)44(52)42(38-49)56-47/h5,7,10-13,15-16,18-19,21-22,34,36,40-42,44-47,49-50,52-54H,3-4,6,8-9,14,17,20,23-33,35,37-39H2,1-2H3,(H,48,51)/b7-5-,12-10+,13-11-,16-15-,19-18-,22-21-,36-34+. The largest absolute Gasteiger partial charge is 0.394 e. The molecule has 0 aromatic carbocycles. The quantitative estimate of drug-likeness (QED) is 0.0280. The number of hydrogen-bond acceptors (Lipinski definition) is 8. The van der Waals surface area contributed by atoms with Gasteiger partial charge in [-0.1, -0.05) is 157 Å². The molecule has 0 radical (unpaired) electrons. The molecule has 0 spiro atoms. The average Bonchev–Trinajstić information content (AvgIpc) is 3.20. The van der Waals surface area contributed by atoms with Crippen molar-refractivity contribution in [2.24, 2.45) is 0 Å². The number of aliphatic hydroxyl groups is 5. The molecule has 1 amide bonds. The molecule has 1 saturated heterocycles. The molecule has 1 aliphatic heterocycles. The van der Waals surface area contributed by atoms with E-state index in [1.165, 1.54) is 32.1 Å². The third-order valence-electron chi connectivity index (χ3n) is 9.70. The molecule has 0 saturated carbocycles. The lowest BCUT2D eigenvalue weighted by Crippen LogP contribution is -2.60. The second kappa shape index (κ2) is 36.7. The average molecular weight is 786 g/mol. The number of carbonyl (C=O) groups is 1. The molecule has 7 unspecified atom stereocenters. The summed E-state index contributed by atoms with van der Waals surface area (Å²) in [4.78, 5) is 12.9. The summed E-state index contributed by atoms with van der Waals surface area (Å²) in [6, 6.07) is -0.827. The lowest BCUT2D eigenvalue weighted by atomic mass is 9.99. The number of amides is 1. The predicted molar refractivity (Wildman–Crippen MR) is 230 cm³/mol. The van der Waals surface area contributed by atoms with E-state index in [9.17, 15) is 30.3 Å². The predicted octanol–water partition coefficient (Wildman–Crippen LogP) is 8.77. The molecule has 0 aromatic rings. The van der Waals surface area contributed by atoms with Crippen molar-refractivity contribution in [2.75, 3.05) is 13.2 Å². The monoisotopic (exact) mass is 786 g/mol. The summed E-state index contributed by atoms with van der Waals surface area (Å²) >= 11 is 0. The fourth-order valence-electron chi connectivity index (χ4n) is 6.18. The van der Waals surface area contributed by atoms with Gasteiger partial charge in [-0.25, -0.2) is 0 Å². The van der Waals surface area contributed by atoms with Crippen molar-refractivity contribution in [3.63, 3.8) is 0 Å². The van der Waals surface area contributed by atoms with E-state index in [4.69, 9.17) is 9.47 Å². The SMILES string of the molecule is CC/C=C\C/C=C\C/C=C\C/C=C\C/C=C\CCCCCCCCCCCC(=O)NC(COC1OC(CO)C(O)C(O)C1O)C(O)/C=C/CC/C=C/CCCC. The summed E-state index contributed by atoms with van der Waals surface area (Å²) in [5, 5.41) is 53.9. The van der Waals surface area contributed by atoms with Gasteiger partial charge in [0.05, 0.1) is 25.4 Å². The molecule has 0 bridgehead atoms. The van der Waals surface area contributed by atoms with Crippen molar-refractivity contribution in [3.8, 4) is 0 Å². The molecule has 1 fully saturated rings. The maximum Gasteiger partial charge on any atom is 0.220 e. The van der Waals surface area contributed by atoms with Gasteiger partial charge in [0.1, 0.15) is 24.4 Å². The first-order chi connectivity index (χ1) is 27.3. The topological polar surface area (TPSA) is 149 Å². The fraction of sp³-hybridized carbons (Fsp3) is 0.681. The number of aliphatic hydroxyl groups excluding tert-OH is 5. The molecule has 9 nitrogen and oxygen atoms in total. The Morgan fingerprint density at radius 2 is 1.12 bits per heavy atom. The Hall–Kier alpha value is -2.63. The number of allylic oxidation sites excluding steroid dienone is 13. The van der Waals surface area contributed by atoms with E-state index in [0.29, 0.717) is 6.42 Å². The number of nitrogens with one attached hydrogen (secondary N) is 1. The first-order valence-electron chi connectivity index (χ1n) is 21.8. The van der Waals surface area contributed by atoms with Crippen molar-refractivity contribution in [2.45, 2.75) is 192 Å². The van der Waals surface area contributed by atoms with E-state index < -0.39 is 49.5 Å². The van der Waals surface area contributed by atoms with E-state index >= 15 is 0 Å². The first-order valence-corrected chi connectivity index (χ1v) is 21.8. The Balaban J connectivity index is 2.26. The summed E-state index contributed by atoms with van der Waals surface area (Å²) < 4.78 is 11.1. The second-order valence-electron chi connectivity index (χ2n) is 14.7. The van der Waals surface area contributed by atoms with Gasteiger partial charge in [-0.2, -0.15) is 0 Å². The van der Waals surface area contributed by atoms with Crippen LogP contribution in [0.25, 0.3) is 0 Å². The number of rotatable bonds is 34. The smallest absolute Gasteiger partial charge is 0.220 e. The van der Waals surface area contributed by atoms with Crippen LogP contribution in [-0.2, 0) is 14.3 Å². The highest BCUT2D eigenvalue weighted by Crippen LogP contribution is 2.22. The summed E-state index contributed by atoms with van der Waals surface area (Å²) in [5.74, 6) is -0.203. The third kappa shape index (κ3) is 27.1. The number of carbonyl (C=O) groups excluding carboxylic acids is 1. The van der Waals surface area contributed by atoms with Crippen LogP contribution in [0.5, 0.6) is 0 Å². The van der Waals surface area contributed by atoms with Crippen LogP contribution >= 0.6 is 0 Å². The molecule has 320 valence electrons. The molecule has 1 heterocycles. The van der Waals surface area contributed by atoms with Crippen LogP contribution in [0, 0.1) is 0 Å². The first kappa shape index (κ1) is 51.4. The summed E-state index contributed by atoms with van der Waals surface area (Å²) in [6.45, 7) is 3.53. The van der Waals surface area contributed by atoms with Gasteiger partial charge >= 0.3 is 0 Å². The Morgan fingerprint density at radius 1 is 0.625 bits per heavy atom. The highest BCUT2D eigenvalue weighted by Gasteiger charge is 2.44. The van der Waals surface area contributed by atoms with E-state index in [1.54, 1.807) is 6.08 Å². The molecule has 7 atom stereocenters. The maximum absolute atomic E-state index is 12.9. The Bertz CT molecular complexity index is 1140. The zero-order chi connectivity index (χ0) is 40.9. The van der Waals surface area contributed by atoms with Gasteiger partial charge in [-0.3, -0.25) is 4.79 Å². The Kier molecular flexibility index (Phi) is 33.7. The van der Waals surface area contributed by atoms with Gasteiger partial charge in [0.2, 0.25) is 5.91 Å². The van der Waals surface area contributed by atoms with Crippen molar-refractivity contribution >= 4 is 5.91 Å². The summed E-state index contributed by atoms with van der Waals surface area (Å²) in [5.41, 5.74) is 0. The minimum absolute atomic E-state index is 0.203. The molecule has 0 aliphatic carbocycles. The van der Waals surface area contributed by atoms with E-state index in [1.807, 2.05) is 6.08 Å². The van der Waals surface area contributed by atoms with Crippen LogP contribution in [-0.4, -0.2) is 87.5 Å². The minimum Gasteiger partial charge on any atom is -0.394 e. The maximum atomic E-state index is 12.9. The molecule has 1 rings (SSSR count). The lowest BCUT2D eigenvalue weighted by molar-refractivity contribution is -0.302. The molecular weight excluding hydrogens is 707 g/mol. The van der Waals surface area contributed by atoms with Crippen LogP contribution in [0.3, 0.4) is 0 Å². The van der Waals surface area contributed by atoms with Crippen molar-refractivity contribution in [3.05, 3.63) is 85.1 Å². The van der Waals surface area contributed by atoms with Crippen LogP contribution in [0.4, 0.5) is 0 Å². The number of hydrogen-bond donors (Lipinski definition) is 6. The summed E-state index contributed by atoms with van der Waals surface area (Å²) in [7, 11) is 0. The minimum atomic E-state index is -1.57.